The lowest BCUT2D eigenvalue weighted by atomic mass is 10.0. The normalized spacial score (nSPS) is 19.7. The summed E-state index contributed by atoms with van der Waals surface area (Å²) in [6.07, 6.45) is 2.43. The van der Waals surface area contributed by atoms with E-state index >= 15 is 0 Å². The first kappa shape index (κ1) is 13.1. The van der Waals surface area contributed by atoms with Gasteiger partial charge in [-0.2, -0.15) is 5.26 Å². The maximum Gasteiger partial charge on any atom is 0.120 e. The quantitative estimate of drug-likeness (QED) is 0.881. The van der Waals surface area contributed by atoms with Gasteiger partial charge in [-0.3, -0.25) is 0 Å². The number of rotatable bonds is 4. The van der Waals surface area contributed by atoms with E-state index in [0.29, 0.717) is 5.92 Å². The highest BCUT2D eigenvalue weighted by Gasteiger charge is 2.14. The van der Waals surface area contributed by atoms with Gasteiger partial charge < -0.3 is 14.6 Å². The number of nitrogens with zero attached hydrogens (tertiary/aromatic N) is 2. The predicted molar refractivity (Wildman–Crippen MR) is 70.1 cm³/mol. The van der Waals surface area contributed by atoms with Gasteiger partial charge in [0.15, 0.2) is 0 Å². The van der Waals surface area contributed by atoms with Crippen molar-refractivity contribution in [1.29, 1.82) is 5.26 Å². The SMILES string of the molecule is Cc1c(CNC[C@H]2CCCOC2)cc(C#N)n1C. The first-order valence-electron chi connectivity index (χ1n) is 6.56. The Labute approximate surface area is 109 Å². The Morgan fingerprint density at radius 1 is 1.61 bits per heavy atom. The van der Waals surface area contributed by atoms with Crippen LogP contribution in [0.1, 0.15) is 29.8 Å². The third-order valence-electron chi connectivity index (χ3n) is 3.76. The number of aromatic nitrogens is 1. The van der Waals surface area contributed by atoms with Gasteiger partial charge in [0.05, 0.1) is 6.61 Å². The Hall–Kier alpha value is -1.31. The summed E-state index contributed by atoms with van der Waals surface area (Å²) in [7, 11) is 1.94. The lowest BCUT2D eigenvalue weighted by Crippen LogP contribution is -2.28. The van der Waals surface area contributed by atoms with Crippen molar-refractivity contribution >= 4 is 0 Å². The summed E-state index contributed by atoms with van der Waals surface area (Å²) in [5.41, 5.74) is 3.11. The van der Waals surface area contributed by atoms with Gasteiger partial charge in [0.2, 0.25) is 0 Å². The van der Waals surface area contributed by atoms with Gasteiger partial charge in [-0.05, 0) is 37.3 Å². The average Bonchev–Trinajstić information content (AvgIpc) is 2.68. The zero-order valence-electron chi connectivity index (χ0n) is 11.2. The van der Waals surface area contributed by atoms with Crippen molar-refractivity contribution in [2.24, 2.45) is 13.0 Å². The predicted octanol–water partition coefficient (Wildman–Crippen LogP) is 1.72. The lowest BCUT2D eigenvalue weighted by molar-refractivity contribution is 0.0547. The summed E-state index contributed by atoms with van der Waals surface area (Å²) < 4.78 is 7.41. The Morgan fingerprint density at radius 3 is 3.06 bits per heavy atom. The van der Waals surface area contributed by atoms with Crippen molar-refractivity contribution in [1.82, 2.24) is 9.88 Å². The molecule has 1 aliphatic rings. The molecule has 0 aliphatic carbocycles. The van der Waals surface area contributed by atoms with Crippen LogP contribution in [0.15, 0.2) is 6.07 Å². The Bertz CT molecular complexity index is 439. The van der Waals surface area contributed by atoms with Crippen molar-refractivity contribution in [3.8, 4) is 6.07 Å². The van der Waals surface area contributed by atoms with Gasteiger partial charge in [0, 0.05) is 32.4 Å². The van der Waals surface area contributed by atoms with Crippen LogP contribution < -0.4 is 5.32 Å². The van der Waals surface area contributed by atoms with Crippen LogP contribution in [0.25, 0.3) is 0 Å². The van der Waals surface area contributed by atoms with E-state index in [1.54, 1.807) is 0 Å². The van der Waals surface area contributed by atoms with Gasteiger partial charge in [-0.15, -0.1) is 0 Å². The minimum Gasteiger partial charge on any atom is -0.381 e. The van der Waals surface area contributed by atoms with Crippen LogP contribution in [0, 0.1) is 24.2 Å². The molecule has 2 heterocycles. The minimum absolute atomic E-state index is 0.637. The molecule has 1 aromatic rings. The molecule has 1 aliphatic heterocycles. The van der Waals surface area contributed by atoms with Gasteiger partial charge in [0.1, 0.15) is 11.8 Å². The summed E-state index contributed by atoms with van der Waals surface area (Å²) in [5.74, 6) is 0.637. The molecule has 1 fully saturated rings. The summed E-state index contributed by atoms with van der Waals surface area (Å²) in [4.78, 5) is 0. The van der Waals surface area contributed by atoms with E-state index in [1.807, 2.05) is 17.7 Å². The lowest BCUT2D eigenvalue weighted by Gasteiger charge is -2.22. The molecule has 0 aromatic carbocycles. The number of hydrogen-bond acceptors (Lipinski definition) is 3. The third kappa shape index (κ3) is 2.92. The number of ether oxygens (including phenoxy) is 1. The molecular formula is C14H21N3O. The minimum atomic E-state index is 0.637. The fraction of sp³-hybridized carbons (Fsp3) is 0.643. The van der Waals surface area contributed by atoms with E-state index in [1.165, 1.54) is 24.1 Å². The van der Waals surface area contributed by atoms with Crippen molar-refractivity contribution in [2.45, 2.75) is 26.3 Å². The number of nitrogens with one attached hydrogen (secondary N) is 1. The molecule has 0 unspecified atom stereocenters. The molecule has 1 atom stereocenters. The molecule has 98 valence electrons. The molecule has 1 saturated heterocycles. The summed E-state index contributed by atoms with van der Waals surface area (Å²) >= 11 is 0. The summed E-state index contributed by atoms with van der Waals surface area (Å²) in [6.45, 7) is 5.68. The Morgan fingerprint density at radius 2 is 2.44 bits per heavy atom. The topological polar surface area (TPSA) is 50.0 Å². The molecule has 0 radical (unpaired) electrons. The van der Waals surface area contributed by atoms with E-state index in [2.05, 4.69) is 18.3 Å². The molecular weight excluding hydrogens is 226 g/mol. The first-order chi connectivity index (χ1) is 8.72. The molecule has 1 aromatic heterocycles. The summed E-state index contributed by atoms with van der Waals surface area (Å²) in [6, 6.07) is 4.18. The molecule has 0 bridgehead atoms. The van der Waals surface area contributed by atoms with Crippen molar-refractivity contribution < 1.29 is 4.74 Å². The van der Waals surface area contributed by atoms with Crippen LogP contribution in [-0.4, -0.2) is 24.3 Å². The second-order valence-corrected chi connectivity index (χ2v) is 5.03. The van der Waals surface area contributed by atoms with Gasteiger partial charge in [0.25, 0.3) is 0 Å². The molecule has 1 N–H and O–H groups in total. The van der Waals surface area contributed by atoms with Crippen molar-refractivity contribution in [2.75, 3.05) is 19.8 Å². The third-order valence-corrected chi connectivity index (χ3v) is 3.76. The second-order valence-electron chi connectivity index (χ2n) is 5.03. The van der Waals surface area contributed by atoms with E-state index < -0.39 is 0 Å². The Kier molecular flexibility index (Phi) is 4.40. The molecule has 0 amide bonds. The van der Waals surface area contributed by atoms with Gasteiger partial charge in [-0.25, -0.2) is 0 Å². The maximum atomic E-state index is 8.98. The molecule has 18 heavy (non-hydrogen) atoms. The van der Waals surface area contributed by atoms with E-state index in [9.17, 15) is 0 Å². The number of nitriles is 1. The van der Waals surface area contributed by atoms with Crippen LogP contribution in [0.3, 0.4) is 0 Å². The van der Waals surface area contributed by atoms with E-state index in [0.717, 1.165) is 32.0 Å². The zero-order valence-corrected chi connectivity index (χ0v) is 11.2. The molecule has 4 nitrogen and oxygen atoms in total. The largest absolute Gasteiger partial charge is 0.381 e. The van der Waals surface area contributed by atoms with Crippen LogP contribution in [0.2, 0.25) is 0 Å². The monoisotopic (exact) mass is 247 g/mol. The summed E-state index contributed by atoms with van der Waals surface area (Å²) in [5, 5.41) is 12.5. The zero-order chi connectivity index (χ0) is 13.0. The average molecular weight is 247 g/mol. The highest BCUT2D eigenvalue weighted by molar-refractivity contribution is 5.33. The van der Waals surface area contributed by atoms with Crippen LogP contribution in [0.5, 0.6) is 0 Å². The van der Waals surface area contributed by atoms with E-state index in [4.69, 9.17) is 10.00 Å². The van der Waals surface area contributed by atoms with Crippen LogP contribution in [0.4, 0.5) is 0 Å². The van der Waals surface area contributed by atoms with Crippen LogP contribution in [-0.2, 0) is 18.3 Å². The maximum absolute atomic E-state index is 8.98. The fourth-order valence-electron chi connectivity index (χ4n) is 2.43. The molecule has 0 spiro atoms. The highest BCUT2D eigenvalue weighted by atomic mass is 16.5. The van der Waals surface area contributed by atoms with Crippen molar-refractivity contribution in [3.63, 3.8) is 0 Å². The smallest absolute Gasteiger partial charge is 0.120 e. The van der Waals surface area contributed by atoms with Crippen LogP contribution >= 0.6 is 0 Å². The standard InChI is InChI=1S/C14H21N3O/c1-11-13(6-14(7-15)17(11)2)9-16-8-12-4-3-5-18-10-12/h6,12,16H,3-5,8-10H2,1-2H3/t12-/m1/s1. The number of hydrogen-bond donors (Lipinski definition) is 1. The van der Waals surface area contributed by atoms with Crippen molar-refractivity contribution in [3.05, 3.63) is 23.0 Å². The highest BCUT2D eigenvalue weighted by Crippen LogP contribution is 2.15. The molecule has 0 saturated carbocycles. The van der Waals surface area contributed by atoms with Gasteiger partial charge in [-0.1, -0.05) is 0 Å². The van der Waals surface area contributed by atoms with Gasteiger partial charge >= 0.3 is 0 Å². The first-order valence-corrected chi connectivity index (χ1v) is 6.56. The Balaban J connectivity index is 1.85. The second kappa shape index (κ2) is 6.03. The molecule has 4 heteroatoms. The molecule has 2 rings (SSSR count). The fourth-order valence-corrected chi connectivity index (χ4v) is 2.43. The van der Waals surface area contributed by atoms with E-state index in [-0.39, 0.29) is 0 Å².